The van der Waals surface area contributed by atoms with Gasteiger partial charge in [-0.05, 0) is 31.7 Å². The van der Waals surface area contributed by atoms with Crippen LogP contribution in [0.3, 0.4) is 0 Å². The van der Waals surface area contributed by atoms with Gasteiger partial charge in [-0.2, -0.15) is 0 Å². The van der Waals surface area contributed by atoms with Gasteiger partial charge in [-0.25, -0.2) is 0 Å². The van der Waals surface area contributed by atoms with E-state index in [0.717, 1.165) is 26.1 Å². The van der Waals surface area contributed by atoms with Crippen molar-refractivity contribution >= 4 is 11.3 Å². The molecule has 1 saturated heterocycles. The van der Waals surface area contributed by atoms with Crippen molar-refractivity contribution in [1.82, 2.24) is 4.90 Å². The van der Waals surface area contributed by atoms with Crippen molar-refractivity contribution in [3.8, 4) is 0 Å². The summed E-state index contributed by atoms with van der Waals surface area (Å²) in [4.78, 5) is 3.82. The number of aliphatic hydroxyl groups is 1. The molecule has 1 unspecified atom stereocenters. The highest BCUT2D eigenvalue weighted by Crippen LogP contribution is 2.21. The Kier molecular flexibility index (Phi) is 4.20. The third kappa shape index (κ3) is 3.78. The van der Waals surface area contributed by atoms with Crippen LogP contribution in [0.5, 0.6) is 0 Å². The van der Waals surface area contributed by atoms with Gasteiger partial charge in [0.15, 0.2) is 0 Å². The van der Waals surface area contributed by atoms with Crippen LogP contribution in [0.15, 0.2) is 17.5 Å². The fraction of sp³-hybridized carbons (Fsp3) is 0.692. The van der Waals surface area contributed by atoms with Gasteiger partial charge in [0.25, 0.3) is 0 Å². The van der Waals surface area contributed by atoms with Crippen molar-refractivity contribution in [3.05, 3.63) is 22.4 Å². The Labute approximate surface area is 107 Å². The zero-order chi connectivity index (χ0) is 12.3. The molecule has 1 N–H and O–H groups in total. The van der Waals surface area contributed by atoms with Gasteiger partial charge in [0.05, 0.1) is 18.3 Å². The number of aliphatic hydroxyl groups excluding tert-OH is 1. The minimum Gasteiger partial charge on any atom is -0.394 e. The standard InChI is InChI=1S/C13H21NO2S/c1-13(2)10-14(8-11(9-15)16-13)6-5-12-4-3-7-17-12/h3-4,7,11,15H,5-6,8-10H2,1-2H3. The molecular formula is C13H21NO2S. The molecule has 2 heterocycles. The Morgan fingerprint density at radius 2 is 2.41 bits per heavy atom. The van der Waals surface area contributed by atoms with Crippen LogP contribution in [-0.2, 0) is 11.2 Å². The number of thiophene rings is 1. The first kappa shape index (κ1) is 13.0. The lowest BCUT2D eigenvalue weighted by Gasteiger charge is -2.42. The van der Waals surface area contributed by atoms with Crippen LogP contribution in [0.1, 0.15) is 18.7 Å². The molecule has 0 aromatic carbocycles. The summed E-state index contributed by atoms with van der Waals surface area (Å²) in [5.41, 5.74) is -0.152. The van der Waals surface area contributed by atoms with Crippen molar-refractivity contribution in [1.29, 1.82) is 0 Å². The number of rotatable bonds is 4. The monoisotopic (exact) mass is 255 g/mol. The minimum atomic E-state index is -0.152. The summed E-state index contributed by atoms with van der Waals surface area (Å²) < 4.78 is 5.80. The van der Waals surface area contributed by atoms with Crippen molar-refractivity contribution in [2.45, 2.75) is 32.0 Å². The average Bonchev–Trinajstić information content (AvgIpc) is 2.77. The molecule has 1 aromatic heterocycles. The number of morpholine rings is 1. The van der Waals surface area contributed by atoms with E-state index in [9.17, 15) is 5.11 Å². The predicted molar refractivity (Wildman–Crippen MR) is 70.5 cm³/mol. The summed E-state index contributed by atoms with van der Waals surface area (Å²) >= 11 is 1.81. The molecule has 96 valence electrons. The van der Waals surface area contributed by atoms with E-state index < -0.39 is 0 Å². The first-order chi connectivity index (χ1) is 8.09. The normalized spacial score (nSPS) is 25.0. The predicted octanol–water partition coefficient (Wildman–Crippen LogP) is 1.76. The fourth-order valence-electron chi connectivity index (χ4n) is 2.41. The molecule has 0 spiro atoms. The lowest BCUT2D eigenvalue weighted by molar-refractivity contribution is -0.148. The summed E-state index contributed by atoms with van der Waals surface area (Å²) in [6, 6.07) is 4.28. The van der Waals surface area contributed by atoms with E-state index in [0.29, 0.717) is 0 Å². The molecule has 1 atom stereocenters. The maximum Gasteiger partial charge on any atom is 0.0940 e. The van der Waals surface area contributed by atoms with Crippen LogP contribution >= 0.6 is 11.3 Å². The summed E-state index contributed by atoms with van der Waals surface area (Å²) in [7, 11) is 0. The fourth-order valence-corrected chi connectivity index (χ4v) is 3.10. The van der Waals surface area contributed by atoms with Crippen molar-refractivity contribution in [2.24, 2.45) is 0 Å². The van der Waals surface area contributed by atoms with Crippen molar-refractivity contribution < 1.29 is 9.84 Å². The third-order valence-corrected chi connectivity index (χ3v) is 3.95. The van der Waals surface area contributed by atoms with Crippen LogP contribution in [0, 0.1) is 0 Å². The maximum atomic E-state index is 9.24. The van der Waals surface area contributed by atoms with Gasteiger partial charge < -0.3 is 9.84 Å². The molecule has 1 aliphatic heterocycles. The maximum absolute atomic E-state index is 9.24. The van der Waals surface area contributed by atoms with Crippen LogP contribution in [-0.4, -0.2) is 48.0 Å². The number of nitrogens with zero attached hydrogens (tertiary/aromatic N) is 1. The second-order valence-corrected chi connectivity index (χ2v) is 6.28. The number of hydrogen-bond acceptors (Lipinski definition) is 4. The van der Waals surface area contributed by atoms with Gasteiger partial charge in [0.2, 0.25) is 0 Å². The average molecular weight is 255 g/mol. The van der Waals surface area contributed by atoms with E-state index in [-0.39, 0.29) is 18.3 Å². The highest BCUT2D eigenvalue weighted by Gasteiger charge is 2.32. The zero-order valence-corrected chi connectivity index (χ0v) is 11.4. The molecule has 0 saturated carbocycles. The Bertz CT molecular complexity index is 337. The van der Waals surface area contributed by atoms with Gasteiger partial charge in [-0.1, -0.05) is 6.07 Å². The van der Waals surface area contributed by atoms with E-state index in [1.165, 1.54) is 4.88 Å². The van der Waals surface area contributed by atoms with E-state index in [1.54, 1.807) is 0 Å². The van der Waals surface area contributed by atoms with E-state index >= 15 is 0 Å². The van der Waals surface area contributed by atoms with E-state index in [1.807, 2.05) is 11.3 Å². The first-order valence-corrected chi connectivity index (χ1v) is 7.00. The Morgan fingerprint density at radius 1 is 1.59 bits per heavy atom. The first-order valence-electron chi connectivity index (χ1n) is 6.12. The minimum absolute atomic E-state index is 0.0397. The van der Waals surface area contributed by atoms with Crippen molar-refractivity contribution in [3.63, 3.8) is 0 Å². The van der Waals surface area contributed by atoms with Gasteiger partial charge in [-0.3, -0.25) is 4.90 Å². The molecule has 0 aliphatic carbocycles. The molecule has 0 bridgehead atoms. The van der Waals surface area contributed by atoms with Crippen LogP contribution in [0.4, 0.5) is 0 Å². The van der Waals surface area contributed by atoms with E-state index in [4.69, 9.17) is 4.74 Å². The van der Waals surface area contributed by atoms with Crippen LogP contribution in [0.25, 0.3) is 0 Å². The van der Waals surface area contributed by atoms with Gasteiger partial charge in [0, 0.05) is 24.5 Å². The zero-order valence-electron chi connectivity index (χ0n) is 10.6. The lowest BCUT2D eigenvalue weighted by Crippen LogP contribution is -2.54. The number of hydrogen-bond donors (Lipinski definition) is 1. The largest absolute Gasteiger partial charge is 0.394 e. The lowest BCUT2D eigenvalue weighted by atomic mass is 10.1. The number of ether oxygens (including phenoxy) is 1. The Morgan fingerprint density at radius 3 is 3.06 bits per heavy atom. The quantitative estimate of drug-likeness (QED) is 0.890. The molecule has 1 aliphatic rings. The Balaban J connectivity index is 1.87. The highest BCUT2D eigenvalue weighted by atomic mass is 32.1. The van der Waals surface area contributed by atoms with Gasteiger partial charge in [-0.15, -0.1) is 11.3 Å². The third-order valence-electron chi connectivity index (χ3n) is 3.01. The second-order valence-electron chi connectivity index (χ2n) is 5.25. The molecule has 0 amide bonds. The van der Waals surface area contributed by atoms with Crippen molar-refractivity contribution in [2.75, 3.05) is 26.2 Å². The molecular weight excluding hydrogens is 234 g/mol. The molecule has 4 heteroatoms. The molecule has 1 fully saturated rings. The SMILES string of the molecule is CC1(C)CN(CCc2cccs2)CC(CO)O1. The molecule has 0 radical (unpaired) electrons. The summed E-state index contributed by atoms with van der Waals surface area (Å²) in [5, 5.41) is 11.4. The van der Waals surface area contributed by atoms with Crippen LogP contribution < -0.4 is 0 Å². The molecule has 2 rings (SSSR count). The van der Waals surface area contributed by atoms with Gasteiger partial charge in [0.1, 0.15) is 0 Å². The van der Waals surface area contributed by atoms with Gasteiger partial charge >= 0.3 is 0 Å². The highest BCUT2D eigenvalue weighted by molar-refractivity contribution is 7.09. The van der Waals surface area contributed by atoms with Crippen LogP contribution in [0.2, 0.25) is 0 Å². The summed E-state index contributed by atoms with van der Waals surface area (Å²) in [5.74, 6) is 0. The molecule has 3 nitrogen and oxygen atoms in total. The Hall–Kier alpha value is -0.420. The summed E-state index contributed by atoms with van der Waals surface area (Å²) in [6.07, 6.45) is 1.05. The second kappa shape index (κ2) is 5.48. The topological polar surface area (TPSA) is 32.7 Å². The molecule has 17 heavy (non-hydrogen) atoms. The molecule has 1 aromatic rings. The smallest absolute Gasteiger partial charge is 0.0940 e. The van der Waals surface area contributed by atoms with E-state index in [2.05, 4.69) is 36.3 Å². The summed E-state index contributed by atoms with van der Waals surface area (Å²) in [6.45, 7) is 7.11.